The molecule has 0 amide bonds. The maximum atomic E-state index is 6.52. The monoisotopic (exact) mass is 355 g/mol. The first-order valence-electron chi connectivity index (χ1n) is 10.1. The van der Waals surface area contributed by atoms with Crippen molar-refractivity contribution in [2.45, 2.75) is 44.9 Å². The molecule has 0 saturated heterocycles. The Hall–Kier alpha value is -2.74. The molecule has 2 nitrogen and oxygen atoms in total. The minimum absolute atomic E-state index is 0.635. The van der Waals surface area contributed by atoms with E-state index in [4.69, 9.17) is 4.42 Å². The predicted octanol–water partition coefficient (Wildman–Crippen LogP) is 7.69. The largest absolute Gasteiger partial charge is 0.454 e. The number of anilines is 2. The second kappa shape index (κ2) is 6.77. The first-order valence-corrected chi connectivity index (χ1v) is 10.1. The number of hydrogen-bond acceptors (Lipinski definition) is 2. The molecule has 2 heteroatoms. The van der Waals surface area contributed by atoms with Crippen molar-refractivity contribution >= 4 is 33.3 Å². The van der Waals surface area contributed by atoms with E-state index in [0.29, 0.717) is 5.92 Å². The molecule has 0 unspecified atom stereocenters. The molecule has 136 valence electrons. The molecule has 1 fully saturated rings. The summed E-state index contributed by atoms with van der Waals surface area (Å²) in [6.07, 6.45) is 6.61. The first-order chi connectivity index (χ1) is 13.3. The zero-order chi connectivity index (χ0) is 18.2. The predicted molar refractivity (Wildman–Crippen MR) is 114 cm³/mol. The molecule has 1 N–H and O–H groups in total. The van der Waals surface area contributed by atoms with E-state index in [9.17, 15) is 0 Å². The van der Waals surface area contributed by atoms with Crippen LogP contribution in [0.4, 0.5) is 11.4 Å². The van der Waals surface area contributed by atoms with Crippen LogP contribution in [0, 0.1) is 6.92 Å². The Labute approximate surface area is 160 Å². The zero-order valence-corrected chi connectivity index (χ0v) is 15.8. The average molecular weight is 355 g/mol. The lowest BCUT2D eigenvalue weighted by atomic mass is 9.83. The van der Waals surface area contributed by atoms with Gasteiger partial charge in [0.15, 0.2) is 5.58 Å². The number of para-hydroxylation sites is 3. The van der Waals surface area contributed by atoms with Crippen molar-refractivity contribution in [3.8, 4) is 0 Å². The second-order valence-electron chi connectivity index (χ2n) is 7.78. The number of fused-ring (bicyclic) bond motifs is 3. The smallest absolute Gasteiger partial charge is 0.158 e. The van der Waals surface area contributed by atoms with Crippen LogP contribution in [0.15, 0.2) is 65.1 Å². The van der Waals surface area contributed by atoms with Gasteiger partial charge in [0.05, 0.1) is 5.69 Å². The Morgan fingerprint density at radius 1 is 0.741 bits per heavy atom. The van der Waals surface area contributed by atoms with Crippen molar-refractivity contribution in [1.82, 2.24) is 0 Å². The van der Waals surface area contributed by atoms with Gasteiger partial charge in [0.1, 0.15) is 5.58 Å². The highest BCUT2D eigenvalue weighted by atomic mass is 16.3. The van der Waals surface area contributed by atoms with Gasteiger partial charge in [-0.05, 0) is 48.9 Å². The van der Waals surface area contributed by atoms with Gasteiger partial charge in [0.2, 0.25) is 0 Å². The van der Waals surface area contributed by atoms with Crippen LogP contribution < -0.4 is 5.32 Å². The lowest BCUT2D eigenvalue weighted by Gasteiger charge is -2.21. The highest BCUT2D eigenvalue weighted by molar-refractivity contribution is 6.10. The van der Waals surface area contributed by atoms with Gasteiger partial charge < -0.3 is 9.73 Å². The summed E-state index contributed by atoms with van der Waals surface area (Å²) in [4.78, 5) is 0. The van der Waals surface area contributed by atoms with E-state index in [1.54, 1.807) is 0 Å². The Balaban J connectivity index is 1.65. The fourth-order valence-electron chi connectivity index (χ4n) is 4.53. The molecule has 1 saturated carbocycles. The third-order valence-electron chi connectivity index (χ3n) is 6.01. The third-order valence-corrected chi connectivity index (χ3v) is 6.01. The Kier molecular flexibility index (Phi) is 4.12. The van der Waals surface area contributed by atoms with E-state index in [-0.39, 0.29) is 0 Å². The zero-order valence-electron chi connectivity index (χ0n) is 15.8. The van der Waals surface area contributed by atoms with Crippen molar-refractivity contribution in [3.63, 3.8) is 0 Å². The van der Waals surface area contributed by atoms with Gasteiger partial charge in [0, 0.05) is 16.5 Å². The SMILES string of the molecule is Cc1ccccc1Nc1cccc2c1oc1c(C3CCCCC3)cccc12. The lowest BCUT2D eigenvalue weighted by molar-refractivity contribution is 0.442. The summed E-state index contributed by atoms with van der Waals surface area (Å²) in [6, 6.07) is 21.4. The normalized spacial score (nSPS) is 15.4. The van der Waals surface area contributed by atoms with Crippen molar-refractivity contribution in [2.24, 2.45) is 0 Å². The number of furan rings is 1. The summed E-state index contributed by atoms with van der Waals surface area (Å²) in [5.74, 6) is 0.635. The topological polar surface area (TPSA) is 25.2 Å². The van der Waals surface area contributed by atoms with Gasteiger partial charge in [0.25, 0.3) is 0 Å². The van der Waals surface area contributed by atoms with Crippen LogP contribution in [0.25, 0.3) is 21.9 Å². The minimum atomic E-state index is 0.635. The van der Waals surface area contributed by atoms with Crippen LogP contribution in [0.3, 0.4) is 0 Å². The van der Waals surface area contributed by atoms with Crippen molar-refractivity contribution in [3.05, 3.63) is 71.8 Å². The fraction of sp³-hybridized carbons (Fsp3) is 0.280. The van der Waals surface area contributed by atoms with Gasteiger partial charge >= 0.3 is 0 Å². The maximum absolute atomic E-state index is 6.52. The van der Waals surface area contributed by atoms with Crippen LogP contribution in [0.2, 0.25) is 0 Å². The summed E-state index contributed by atoms with van der Waals surface area (Å²) >= 11 is 0. The van der Waals surface area contributed by atoms with Crippen LogP contribution in [-0.2, 0) is 0 Å². The Bertz CT molecular complexity index is 1100. The molecule has 27 heavy (non-hydrogen) atoms. The average Bonchev–Trinajstić information content (AvgIpc) is 3.10. The van der Waals surface area contributed by atoms with Gasteiger partial charge in [-0.25, -0.2) is 0 Å². The van der Waals surface area contributed by atoms with Crippen molar-refractivity contribution < 1.29 is 4.42 Å². The van der Waals surface area contributed by atoms with E-state index in [1.165, 1.54) is 54.0 Å². The molecule has 1 aliphatic rings. The quantitative estimate of drug-likeness (QED) is 0.407. The molecule has 1 aromatic heterocycles. The number of aryl methyl sites for hydroxylation is 1. The van der Waals surface area contributed by atoms with E-state index in [0.717, 1.165) is 22.5 Å². The lowest BCUT2D eigenvalue weighted by Crippen LogP contribution is -2.04. The van der Waals surface area contributed by atoms with Crippen LogP contribution in [0.5, 0.6) is 0 Å². The number of nitrogens with one attached hydrogen (secondary N) is 1. The van der Waals surface area contributed by atoms with E-state index in [2.05, 4.69) is 72.9 Å². The van der Waals surface area contributed by atoms with E-state index < -0.39 is 0 Å². The Morgan fingerprint density at radius 2 is 1.44 bits per heavy atom. The summed E-state index contributed by atoms with van der Waals surface area (Å²) in [5, 5.41) is 6.01. The van der Waals surface area contributed by atoms with Gasteiger partial charge in [-0.3, -0.25) is 0 Å². The van der Waals surface area contributed by atoms with Crippen LogP contribution >= 0.6 is 0 Å². The molecule has 4 aromatic rings. The summed E-state index contributed by atoms with van der Waals surface area (Å²) < 4.78 is 6.52. The molecule has 0 radical (unpaired) electrons. The number of rotatable bonds is 3. The standard InChI is InChI=1S/C25H25NO/c1-17-9-5-6-15-22(17)26-23-16-8-14-21-20-13-7-12-19(24(20)27-25(21)23)18-10-3-2-4-11-18/h5-9,12-16,18,26H,2-4,10-11H2,1H3. The second-order valence-corrected chi connectivity index (χ2v) is 7.78. The fourth-order valence-corrected chi connectivity index (χ4v) is 4.53. The van der Waals surface area contributed by atoms with Crippen LogP contribution in [0.1, 0.15) is 49.1 Å². The molecule has 3 aromatic carbocycles. The molecule has 5 rings (SSSR count). The molecule has 0 aliphatic heterocycles. The number of benzene rings is 3. The van der Waals surface area contributed by atoms with E-state index >= 15 is 0 Å². The molecule has 1 aliphatic carbocycles. The summed E-state index contributed by atoms with van der Waals surface area (Å²) in [7, 11) is 0. The Morgan fingerprint density at radius 3 is 2.26 bits per heavy atom. The highest BCUT2D eigenvalue weighted by Gasteiger charge is 2.21. The first kappa shape index (κ1) is 16.4. The van der Waals surface area contributed by atoms with Gasteiger partial charge in [-0.15, -0.1) is 0 Å². The third kappa shape index (κ3) is 2.90. The molecular weight excluding hydrogens is 330 g/mol. The molecule has 0 bridgehead atoms. The maximum Gasteiger partial charge on any atom is 0.158 e. The van der Waals surface area contributed by atoms with Gasteiger partial charge in [-0.1, -0.05) is 67.8 Å². The van der Waals surface area contributed by atoms with Gasteiger partial charge in [-0.2, -0.15) is 0 Å². The van der Waals surface area contributed by atoms with Crippen LogP contribution in [-0.4, -0.2) is 0 Å². The molecule has 0 atom stereocenters. The van der Waals surface area contributed by atoms with Crippen molar-refractivity contribution in [1.29, 1.82) is 0 Å². The number of hydrogen-bond donors (Lipinski definition) is 1. The van der Waals surface area contributed by atoms with E-state index in [1.807, 2.05) is 0 Å². The molecule has 1 heterocycles. The molecular formula is C25H25NO. The summed E-state index contributed by atoms with van der Waals surface area (Å²) in [6.45, 7) is 2.13. The minimum Gasteiger partial charge on any atom is -0.454 e. The molecule has 0 spiro atoms. The highest BCUT2D eigenvalue weighted by Crippen LogP contribution is 2.41. The summed E-state index contributed by atoms with van der Waals surface area (Å²) in [5.41, 5.74) is 6.82. The van der Waals surface area contributed by atoms with Crippen molar-refractivity contribution in [2.75, 3.05) is 5.32 Å².